The van der Waals surface area contributed by atoms with Crippen LogP contribution in [0.15, 0.2) is 24.3 Å². The van der Waals surface area contributed by atoms with Gasteiger partial charge in [0.25, 0.3) is 0 Å². The topological polar surface area (TPSA) is 37.8 Å². The van der Waals surface area contributed by atoms with Crippen molar-refractivity contribution in [3.63, 3.8) is 0 Å². The number of anilines is 1. The van der Waals surface area contributed by atoms with Gasteiger partial charge in [0.05, 0.1) is 5.69 Å². The van der Waals surface area contributed by atoms with Gasteiger partial charge in [-0.25, -0.2) is 9.97 Å². The maximum Gasteiger partial charge on any atom is 0.223 e. The van der Waals surface area contributed by atoms with Crippen LogP contribution in [-0.2, 0) is 0 Å². The first-order valence-corrected chi connectivity index (χ1v) is 6.76. The zero-order valence-corrected chi connectivity index (χ0v) is 12.1. The average Bonchev–Trinajstić information content (AvgIpc) is 2.34. The molecule has 3 heteroatoms. The molecule has 0 bridgehead atoms. The predicted octanol–water partition coefficient (Wildman–Crippen LogP) is 3.89. The van der Waals surface area contributed by atoms with Gasteiger partial charge in [-0.05, 0) is 45.4 Å². The summed E-state index contributed by atoms with van der Waals surface area (Å²) >= 11 is 0. The van der Waals surface area contributed by atoms with Gasteiger partial charge < -0.3 is 5.32 Å². The van der Waals surface area contributed by atoms with E-state index in [0.29, 0.717) is 0 Å². The van der Waals surface area contributed by atoms with E-state index in [1.165, 1.54) is 11.1 Å². The van der Waals surface area contributed by atoms with Crippen molar-refractivity contribution in [1.29, 1.82) is 0 Å². The molecule has 1 N–H and O–H groups in total. The maximum absolute atomic E-state index is 4.60. The fraction of sp³-hybridized carbons (Fsp3) is 0.375. The molecule has 0 aliphatic heterocycles. The first-order valence-electron chi connectivity index (χ1n) is 6.76. The molecule has 3 nitrogen and oxygen atoms in total. The van der Waals surface area contributed by atoms with Crippen molar-refractivity contribution >= 4 is 5.95 Å². The summed E-state index contributed by atoms with van der Waals surface area (Å²) in [6.45, 7) is 9.26. The molecule has 0 saturated heterocycles. The van der Waals surface area contributed by atoms with Crippen molar-refractivity contribution in [2.75, 3.05) is 11.9 Å². The first kappa shape index (κ1) is 13.5. The molecule has 19 heavy (non-hydrogen) atoms. The number of rotatable bonds is 4. The van der Waals surface area contributed by atoms with Gasteiger partial charge in [-0.2, -0.15) is 0 Å². The van der Waals surface area contributed by atoms with Crippen LogP contribution in [0.2, 0.25) is 0 Å². The van der Waals surface area contributed by atoms with Gasteiger partial charge in [0, 0.05) is 17.8 Å². The highest BCUT2D eigenvalue weighted by atomic mass is 15.1. The lowest BCUT2D eigenvalue weighted by atomic mass is 10.0. The van der Waals surface area contributed by atoms with E-state index in [0.717, 1.165) is 35.9 Å². The number of aryl methyl sites for hydroxylation is 3. The molecule has 0 unspecified atom stereocenters. The van der Waals surface area contributed by atoms with E-state index < -0.39 is 0 Å². The van der Waals surface area contributed by atoms with Crippen molar-refractivity contribution in [2.24, 2.45) is 0 Å². The Morgan fingerprint density at radius 1 is 0.947 bits per heavy atom. The third-order valence-corrected chi connectivity index (χ3v) is 2.90. The Morgan fingerprint density at radius 3 is 2.26 bits per heavy atom. The Morgan fingerprint density at radius 2 is 1.63 bits per heavy atom. The monoisotopic (exact) mass is 255 g/mol. The van der Waals surface area contributed by atoms with Crippen molar-refractivity contribution in [1.82, 2.24) is 9.97 Å². The van der Waals surface area contributed by atoms with Crippen LogP contribution in [0.4, 0.5) is 5.95 Å². The molecule has 0 spiro atoms. The molecule has 2 rings (SSSR count). The molecule has 0 atom stereocenters. The summed E-state index contributed by atoms with van der Waals surface area (Å²) < 4.78 is 0. The summed E-state index contributed by atoms with van der Waals surface area (Å²) in [7, 11) is 0. The van der Waals surface area contributed by atoms with Crippen LogP contribution in [0.25, 0.3) is 11.3 Å². The summed E-state index contributed by atoms with van der Waals surface area (Å²) in [4.78, 5) is 9.02. The summed E-state index contributed by atoms with van der Waals surface area (Å²) in [5.41, 5.74) is 5.65. The SMILES string of the molecule is CCCNc1nc(C)cc(-c2cc(C)cc(C)c2)n1. The van der Waals surface area contributed by atoms with Crippen LogP contribution >= 0.6 is 0 Å². The van der Waals surface area contributed by atoms with Crippen molar-refractivity contribution in [3.8, 4) is 11.3 Å². The average molecular weight is 255 g/mol. The lowest BCUT2D eigenvalue weighted by molar-refractivity contribution is 0.947. The second-order valence-electron chi connectivity index (χ2n) is 5.02. The Kier molecular flexibility index (Phi) is 4.15. The molecule has 100 valence electrons. The van der Waals surface area contributed by atoms with Gasteiger partial charge in [-0.15, -0.1) is 0 Å². The number of aromatic nitrogens is 2. The molecule has 0 aliphatic rings. The third kappa shape index (κ3) is 3.53. The Bertz CT molecular complexity index is 556. The van der Waals surface area contributed by atoms with Crippen LogP contribution in [0, 0.1) is 20.8 Å². The summed E-state index contributed by atoms with van der Waals surface area (Å²) in [6, 6.07) is 8.54. The van der Waals surface area contributed by atoms with E-state index >= 15 is 0 Å². The minimum atomic E-state index is 0.719. The normalized spacial score (nSPS) is 10.5. The highest BCUT2D eigenvalue weighted by Gasteiger charge is 2.05. The molecule has 1 aromatic heterocycles. The second-order valence-corrected chi connectivity index (χ2v) is 5.02. The highest BCUT2D eigenvalue weighted by Crippen LogP contribution is 2.22. The molecule has 0 radical (unpaired) electrons. The number of hydrogen-bond donors (Lipinski definition) is 1. The molecule has 1 aromatic carbocycles. The van der Waals surface area contributed by atoms with E-state index in [1.54, 1.807) is 0 Å². The Labute approximate surface area is 115 Å². The van der Waals surface area contributed by atoms with Crippen LogP contribution in [0.5, 0.6) is 0 Å². The quantitative estimate of drug-likeness (QED) is 0.900. The van der Waals surface area contributed by atoms with Gasteiger partial charge in [0.1, 0.15) is 0 Å². The van der Waals surface area contributed by atoms with Gasteiger partial charge in [-0.1, -0.05) is 24.1 Å². The third-order valence-electron chi connectivity index (χ3n) is 2.90. The fourth-order valence-electron chi connectivity index (χ4n) is 2.15. The molecule has 0 fully saturated rings. The molecule has 1 heterocycles. The van der Waals surface area contributed by atoms with Crippen molar-refractivity contribution < 1.29 is 0 Å². The van der Waals surface area contributed by atoms with E-state index in [1.807, 2.05) is 13.0 Å². The number of hydrogen-bond acceptors (Lipinski definition) is 3. The van der Waals surface area contributed by atoms with E-state index in [9.17, 15) is 0 Å². The Hall–Kier alpha value is -1.90. The van der Waals surface area contributed by atoms with Crippen LogP contribution in [0.1, 0.15) is 30.2 Å². The van der Waals surface area contributed by atoms with Gasteiger partial charge in [0.2, 0.25) is 5.95 Å². The minimum Gasteiger partial charge on any atom is -0.354 e. The number of benzene rings is 1. The zero-order chi connectivity index (χ0) is 13.8. The largest absolute Gasteiger partial charge is 0.354 e. The Balaban J connectivity index is 2.40. The smallest absolute Gasteiger partial charge is 0.223 e. The summed E-state index contributed by atoms with van der Waals surface area (Å²) in [6.07, 6.45) is 1.07. The van der Waals surface area contributed by atoms with Gasteiger partial charge in [-0.3, -0.25) is 0 Å². The molecule has 0 saturated carbocycles. The fourth-order valence-corrected chi connectivity index (χ4v) is 2.15. The summed E-state index contributed by atoms with van der Waals surface area (Å²) in [5, 5.41) is 3.25. The molecule has 0 aliphatic carbocycles. The predicted molar refractivity (Wildman–Crippen MR) is 80.5 cm³/mol. The molecular weight excluding hydrogens is 234 g/mol. The first-order chi connectivity index (χ1) is 9.08. The van der Waals surface area contributed by atoms with Crippen molar-refractivity contribution in [2.45, 2.75) is 34.1 Å². The number of nitrogens with one attached hydrogen (secondary N) is 1. The second kappa shape index (κ2) is 5.83. The van der Waals surface area contributed by atoms with Crippen molar-refractivity contribution in [3.05, 3.63) is 41.1 Å². The lowest BCUT2D eigenvalue weighted by Crippen LogP contribution is -2.05. The van der Waals surface area contributed by atoms with E-state index in [-0.39, 0.29) is 0 Å². The van der Waals surface area contributed by atoms with Crippen LogP contribution in [-0.4, -0.2) is 16.5 Å². The molecular formula is C16H21N3. The minimum absolute atomic E-state index is 0.719. The molecule has 2 aromatic rings. The van der Waals surface area contributed by atoms with Crippen LogP contribution in [0.3, 0.4) is 0 Å². The maximum atomic E-state index is 4.60. The van der Waals surface area contributed by atoms with E-state index in [2.05, 4.69) is 54.3 Å². The van der Waals surface area contributed by atoms with Gasteiger partial charge >= 0.3 is 0 Å². The lowest BCUT2D eigenvalue weighted by Gasteiger charge is -2.09. The zero-order valence-electron chi connectivity index (χ0n) is 12.1. The summed E-state index contributed by atoms with van der Waals surface area (Å²) in [5.74, 6) is 0.719. The van der Waals surface area contributed by atoms with Gasteiger partial charge in [0.15, 0.2) is 0 Å². The highest BCUT2D eigenvalue weighted by molar-refractivity contribution is 5.62. The van der Waals surface area contributed by atoms with Crippen LogP contribution < -0.4 is 5.32 Å². The van der Waals surface area contributed by atoms with E-state index in [4.69, 9.17) is 0 Å². The number of nitrogens with zero attached hydrogens (tertiary/aromatic N) is 2. The molecule has 0 amide bonds. The standard InChI is InChI=1S/C16H21N3/c1-5-6-17-16-18-13(4)10-15(19-16)14-8-11(2)7-12(3)9-14/h7-10H,5-6H2,1-4H3,(H,17,18,19).